The van der Waals surface area contributed by atoms with Crippen molar-refractivity contribution >= 4 is 72.7 Å². The van der Waals surface area contributed by atoms with Crippen molar-refractivity contribution in [2.24, 2.45) is 0 Å². The Bertz CT molecular complexity index is 3360. The minimum Gasteiger partial charge on any atom is -0.369 e. The second kappa shape index (κ2) is 12.7. The minimum absolute atomic E-state index is 0.283. The van der Waals surface area contributed by atoms with Crippen molar-refractivity contribution in [3.63, 3.8) is 0 Å². The van der Waals surface area contributed by atoms with Gasteiger partial charge in [-0.2, -0.15) is 0 Å². The van der Waals surface area contributed by atoms with Crippen LogP contribution in [0.1, 0.15) is 42.9 Å². The Labute approximate surface area is 343 Å². The largest absolute Gasteiger partial charge is 0.369 e. The lowest BCUT2D eigenvalue weighted by Crippen LogP contribution is -2.29. The predicted octanol–water partition coefficient (Wildman–Crippen LogP) is 11.0. The van der Waals surface area contributed by atoms with Crippen molar-refractivity contribution in [2.45, 2.75) is 6.23 Å². The van der Waals surface area contributed by atoms with E-state index >= 15 is 0 Å². The number of hydrogen-bond donors (Lipinski definition) is 1. The summed E-state index contributed by atoms with van der Waals surface area (Å²) in [5.74, 6) is -1.03. The summed E-state index contributed by atoms with van der Waals surface area (Å²) in [7, 11) is 0. The second-order valence-corrected chi connectivity index (χ2v) is 15.3. The number of fused-ring (bicyclic) bond motifs is 8. The van der Waals surface area contributed by atoms with Gasteiger partial charge in [0.05, 0.1) is 55.8 Å². The van der Waals surface area contributed by atoms with Gasteiger partial charge in [-0.15, -0.1) is 0 Å². The number of carbonyl (C=O) groups is 3. The Morgan fingerprint density at radius 1 is 0.383 bits per heavy atom. The predicted molar refractivity (Wildman–Crippen MR) is 236 cm³/mol. The zero-order valence-electron chi connectivity index (χ0n) is 31.9. The highest BCUT2D eigenvalue weighted by atomic mass is 16.3. The quantitative estimate of drug-likeness (QED) is 0.176. The van der Waals surface area contributed by atoms with Gasteiger partial charge in [0, 0.05) is 32.8 Å². The number of hydrogen-bond acceptors (Lipinski definition) is 4. The molecule has 2 aliphatic heterocycles. The average Bonchev–Trinajstić information content (AvgIpc) is 3.98. The number of rotatable bonds is 5. The van der Waals surface area contributed by atoms with E-state index in [-0.39, 0.29) is 17.7 Å². The van der Waals surface area contributed by atoms with E-state index in [1.54, 1.807) is 18.2 Å². The molecule has 10 aromatic rings. The van der Waals surface area contributed by atoms with Crippen molar-refractivity contribution in [1.29, 1.82) is 0 Å². The van der Waals surface area contributed by atoms with Crippen LogP contribution >= 0.6 is 0 Å². The van der Waals surface area contributed by atoms with Crippen LogP contribution in [0, 0.1) is 0 Å². The molecular weight excluding hydrogens is 745 g/mol. The molecule has 1 unspecified atom stereocenters. The summed E-state index contributed by atoms with van der Waals surface area (Å²) in [6.45, 7) is 0. The molecule has 4 heterocycles. The first-order valence-corrected chi connectivity index (χ1v) is 19.8. The first-order chi connectivity index (χ1) is 29.5. The maximum Gasteiger partial charge on any atom is 0.268 e. The summed E-state index contributed by atoms with van der Waals surface area (Å²) < 4.78 is 4.18. The molecule has 60 heavy (non-hydrogen) atoms. The third-order valence-electron chi connectivity index (χ3n) is 12.2. The van der Waals surface area contributed by atoms with Crippen LogP contribution in [-0.2, 0) is 0 Å². The van der Waals surface area contributed by atoms with Crippen molar-refractivity contribution < 1.29 is 19.5 Å². The third-order valence-corrected chi connectivity index (χ3v) is 12.2. The number of amides is 3. The van der Waals surface area contributed by atoms with Crippen LogP contribution in [0.25, 0.3) is 66.1 Å². The Morgan fingerprint density at radius 3 is 1.32 bits per heavy atom. The number of aliphatic hydroxyl groups excluding tert-OH is 1. The summed E-state index contributed by atoms with van der Waals surface area (Å²) in [4.78, 5) is 45.3. The van der Waals surface area contributed by atoms with Crippen LogP contribution in [0.4, 0.5) is 11.4 Å². The molecule has 0 radical (unpaired) electrons. The molecule has 284 valence electrons. The molecule has 8 nitrogen and oxygen atoms in total. The topological polar surface area (TPSA) is 87.8 Å². The van der Waals surface area contributed by atoms with Gasteiger partial charge in [-0.05, 0) is 77.9 Å². The van der Waals surface area contributed by atoms with E-state index < -0.39 is 6.23 Å². The van der Waals surface area contributed by atoms with Gasteiger partial charge >= 0.3 is 0 Å². The summed E-state index contributed by atoms with van der Waals surface area (Å²) in [6, 6.07) is 58.4. The Balaban J connectivity index is 0.844. The van der Waals surface area contributed by atoms with Crippen LogP contribution < -0.4 is 9.80 Å². The van der Waals surface area contributed by atoms with Gasteiger partial charge in [0.25, 0.3) is 17.7 Å². The zero-order chi connectivity index (χ0) is 40.2. The minimum atomic E-state index is -1.17. The fourth-order valence-corrected chi connectivity index (χ4v) is 9.49. The second-order valence-electron chi connectivity index (χ2n) is 15.3. The maximum atomic E-state index is 14.3. The van der Waals surface area contributed by atoms with Gasteiger partial charge < -0.3 is 14.2 Å². The van der Waals surface area contributed by atoms with Gasteiger partial charge in [-0.3, -0.25) is 19.3 Å². The van der Waals surface area contributed by atoms with Crippen LogP contribution in [0.2, 0.25) is 0 Å². The number of anilines is 2. The van der Waals surface area contributed by atoms with Crippen LogP contribution in [-0.4, -0.2) is 32.0 Å². The first-order valence-electron chi connectivity index (χ1n) is 19.8. The molecule has 2 aromatic heterocycles. The number of nitrogens with zero attached hydrogens (tertiary/aromatic N) is 4. The fourth-order valence-electron chi connectivity index (χ4n) is 9.49. The van der Waals surface area contributed by atoms with Crippen LogP contribution in [0.5, 0.6) is 0 Å². The van der Waals surface area contributed by atoms with E-state index in [2.05, 4.69) is 45.5 Å². The molecule has 8 heteroatoms. The summed E-state index contributed by atoms with van der Waals surface area (Å²) in [6.07, 6.45) is -1.17. The van der Waals surface area contributed by atoms with Crippen molar-refractivity contribution in [3.05, 3.63) is 204 Å². The highest BCUT2D eigenvalue weighted by Gasteiger charge is 2.41. The lowest BCUT2D eigenvalue weighted by molar-refractivity contribution is 0.0917. The number of benzene rings is 8. The van der Waals surface area contributed by atoms with E-state index in [4.69, 9.17) is 0 Å². The summed E-state index contributed by atoms with van der Waals surface area (Å²) in [5, 5.41) is 16.0. The average molecular weight is 777 g/mol. The molecule has 0 spiro atoms. The Hall–Kier alpha value is -8.07. The highest BCUT2D eigenvalue weighted by Crippen LogP contribution is 2.43. The summed E-state index contributed by atoms with van der Waals surface area (Å²) >= 11 is 0. The van der Waals surface area contributed by atoms with Gasteiger partial charge in [0.1, 0.15) is 0 Å². The molecule has 8 aromatic carbocycles. The number of para-hydroxylation sites is 4. The molecule has 0 fully saturated rings. The van der Waals surface area contributed by atoms with Gasteiger partial charge in [0.15, 0.2) is 6.23 Å². The van der Waals surface area contributed by atoms with Crippen molar-refractivity contribution in [3.8, 4) is 22.5 Å². The first kappa shape index (κ1) is 34.0. The smallest absolute Gasteiger partial charge is 0.268 e. The number of aromatic nitrogens is 2. The molecule has 0 bridgehead atoms. The normalized spacial score (nSPS) is 14.9. The van der Waals surface area contributed by atoms with Crippen molar-refractivity contribution in [2.75, 3.05) is 9.80 Å². The lowest BCUT2D eigenvalue weighted by atomic mass is 10.0. The Morgan fingerprint density at radius 2 is 0.817 bits per heavy atom. The van der Waals surface area contributed by atoms with E-state index in [0.29, 0.717) is 45.0 Å². The summed E-state index contributed by atoms with van der Waals surface area (Å²) in [5.41, 5.74) is 9.76. The molecule has 2 aliphatic rings. The molecule has 0 saturated heterocycles. The maximum absolute atomic E-state index is 14.3. The number of carbonyl (C=O) groups excluding carboxylic acids is 3. The lowest BCUT2D eigenvalue weighted by Gasteiger charge is -2.21. The highest BCUT2D eigenvalue weighted by molar-refractivity contribution is 6.36. The molecule has 1 N–H and O–H groups in total. The SMILES string of the molecule is O=C1c2cccc(-n3c4ccccc4c4ccccc43)c2C(=O)N1c1ccc(-c2ccc(N3C(=O)c4c(cccc4-n4c5ccccc5c5ccccc54)C3O)cc2)cc1. The number of imide groups is 1. The van der Waals surface area contributed by atoms with Gasteiger partial charge in [-0.25, -0.2) is 4.90 Å². The molecule has 0 saturated carbocycles. The number of aliphatic hydroxyl groups is 1. The molecule has 1 atom stereocenters. The Kier molecular flexibility index (Phi) is 7.21. The van der Waals surface area contributed by atoms with E-state index in [1.807, 2.05) is 127 Å². The molecule has 12 rings (SSSR count). The van der Waals surface area contributed by atoms with E-state index in [9.17, 15) is 19.5 Å². The van der Waals surface area contributed by atoms with Gasteiger partial charge in [0.2, 0.25) is 0 Å². The van der Waals surface area contributed by atoms with Crippen LogP contribution in [0.3, 0.4) is 0 Å². The third kappa shape index (κ3) is 4.67. The van der Waals surface area contributed by atoms with Gasteiger partial charge in [-0.1, -0.05) is 115 Å². The zero-order valence-corrected chi connectivity index (χ0v) is 31.9. The molecule has 3 amide bonds. The van der Waals surface area contributed by atoms with Crippen molar-refractivity contribution in [1.82, 2.24) is 9.13 Å². The van der Waals surface area contributed by atoms with Crippen LogP contribution in [0.15, 0.2) is 182 Å². The molecular formula is C52H32N4O4. The standard InChI is InChI=1S/C52H32N4O4/c57-49-39-15-9-21-45(55-41-17-5-1-11-35(41)36-12-2-6-18-42(36)55)47(39)51(59)53(49)33-27-23-31(24-28-33)32-25-29-34(30-26-32)54-50(58)40-16-10-22-46(48(40)52(54)60)56-43-19-7-3-13-37(43)38-14-4-8-20-44(38)56/h1-30,49,57H. The monoisotopic (exact) mass is 776 g/mol. The van der Waals surface area contributed by atoms with E-state index in [0.717, 1.165) is 54.7 Å². The fraction of sp³-hybridized carbons (Fsp3) is 0.0192. The molecule has 0 aliphatic carbocycles. The van der Waals surface area contributed by atoms with E-state index in [1.165, 1.54) is 9.80 Å².